The van der Waals surface area contributed by atoms with Gasteiger partial charge in [-0.25, -0.2) is 0 Å². The average molecular weight is 310 g/mol. The monoisotopic (exact) mass is 309 g/mol. The van der Waals surface area contributed by atoms with Crippen LogP contribution in [0.4, 0.5) is 0 Å². The van der Waals surface area contributed by atoms with Gasteiger partial charge in [0.05, 0.1) is 3.79 Å². The van der Waals surface area contributed by atoms with Gasteiger partial charge < -0.3 is 5.73 Å². The fourth-order valence-electron chi connectivity index (χ4n) is 1.79. The summed E-state index contributed by atoms with van der Waals surface area (Å²) in [5.74, 6) is 0.435. The molecule has 0 spiro atoms. The quantitative estimate of drug-likeness (QED) is 0.901. The van der Waals surface area contributed by atoms with Crippen molar-refractivity contribution in [2.45, 2.75) is 19.3 Å². The molecule has 1 aromatic carbocycles. The standard InChI is InChI=1S/C14H16BrNS/c1-10(9-16)12-4-2-3-11(7-12)8-13-5-6-14(15)17-13/h2-7,10H,8-9,16H2,1H3. The van der Waals surface area contributed by atoms with Crippen LogP contribution in [0.25, 0.3) is 0 Å². The SMILES string of the molecule is CC(CN)c1cccc(Cc2ccc(Br)s2)c1. The number of hydrogen-bond donors (Lipinski definition) is 1. The summed E-state index contributed by atoms with van der Waals surface area (Å²) in [6, 6.07) is 13.0. The van der Waals surface area contributed by atoms with Gasteiger partial charge in [0.1, 0.15) is 0 Å². The lowest BCUT2D eigenvalue weighted by Crippen LogP contribution is -2.08. The van der Waals surface area contributed by atoms with Gasteiger partial charge in [-0.1, -0.05) is 31.2 Å². The molecule has 0 bridgehead atoms. The number of thiophene rings is 1. The summed E-state index contributed by atoms with van der Waals surface area (Å²) in [5, 5.41) is 0. The molecule has 0 aliphatic rings. The van der Waals surface area contributed by atoms with Gasteiger partial charge in [0.15, 0.2) is 0 Å². The maximum atomic E-state index is 5.71. The van der Waals surface area contributed by atoms with Crippen molar-refractivity contribution in [2.24, 2.45) is 5.73 Å². The van der Waals surface area contributed by atoms with E-state index in [1.54, 1.807) is 11.3 Å². The molecule has 0 aliphatic heterocycles. The Morgan fingerprint density at radius 2 is 2.12 bits per heavy atom. The van der Waals surface area contributed by atoms with Crippen LogP contribution in [-0.4, -0.2) is 6.54 Å². The largest absolute Gasteiger partial charge is 0.330 e. The highest BCUT2D eigenvalue weighted by atomic mass is 79.9. The zero-order chi connectivity index (χ0) is 12.3. The summed E-state index contributed by atoms with van der Waals surface area (Å²) in [6.07, 6.45) is 1.00. The summed E-state index contributed by atoms with van der Waals surface area (Å²) in [5.41, 5.74) is 8.40. The van der Waals surface area contributed by atoms with Gasteiger partial charge in [-0.05, 0) is 51.7 Å². The molecule has 2 aromatic rings. The van der Waals surface area contributed by atoms with Crippen LogP contribution in [0, 0.1) is 0 Å². The van der Waals surface area contributed by atoms with Crippen molar-refractivity contribution >= 4 is 27.3 Å². The molecule has 0 radical (unpaired) electrons. The topological polar surface area (TPSA) is 26.0 Å². The lowest BCUT2D eigenvalue weighted by molar-refractivity contribution is 0.772. The summed E-state index contributed by atoms with van der Waals surface area (Å²) in [7, 11) is 0. The van der Waals surface area contributed by atoms with E-state index in [2.05, 4.69) is 59.3 Å². The smallest absolute Gasteiger partial charge is 0.0701 e. The first-order chi connectivity index (χ1) is 8.19. The van der Waals surface area contributed by atoms with Crippen molar-refractivity contribution in [3.63, 3.8) is 0 Å². The molecular weight excluding hydrogens is 294 g/mol. The van der Waals surface area contributed by atoms with E-state index in [4.69, 9.17) is 5.73 Å². The van der Waals surface area contributed by atoms with E-state index in [1.807, 2.05) is 0 Å². The molecule has 1 nitrogen and oxygen atoms in total. The van der Waals surface area contributed by atoms with Crippen LogP contribution >= 0.6 is 27.3 Å². The lowest BCUT2D eigenvalue weighted by atomic mass is 9.98. The fraction of sp³-hybridized carbons (Fsp3) is 0.286. The molecule has 0 aliphatic carbocycles. The van der Waals surface area contributed by atoms with Crippen molar-refractivity contribution < 1.29 is 0 Å². The Bertz CT molecular complexity index is 492. The van der Waals surface area contributed by atoms with E-state index >= 15 is 0 Å². The van der Waals surface area contributed by atoms with Gasteiger partial charge in [0.2, 0.25) is 0 Å². The highest BCUT2D eigenvalue weighted by Crippen LogP contribution is 2.25. The molecule has 2 N–H and O–H groups in total. The molecule has 0 saturated heterocycles. The van der Waals surface area contributed by atoms with Gasteiger partial charge in [0, 0.05) is 11.3 Å². The van der Waals surface area contributed by atoms with Crippen LogP contribution in [-0.2, 0) is 6.42 Å². The van der Waals surface area contributed by atoms with Crippen molar-refractivity contribution in [1.29, 1.82) is 0 Å². The third-order valence-electron chi connectivity index (χ3n) is 2.88. The van der Waals surface area contributed by atoms with E-state index in [9.17, 15) is 0 Å². The number of rotatable bonds is 4. The molecule has 0 amide bonds. The zero-order valence-corrected chi connectivity index (χ0v) is 12.2. The average Bonchev–Trinajstić information content (AvgIpc) is 2.74. The number of hydrogen-bond acceptors (Lipinski definition) is 2. The molecule has 90 valence electrons. The third-order valence-corrected chi connectivity index (χ3v) is 4.50. The molecule has 0 saturated carbocycles. The minimum atomic E-state index is 0.435. The second kappa shape index (κ2) is 5.80. The van der Waals surface area contributed by atoms with E-state index in [1.165, 1.54) is 19.8 Å². The predicted octanol–water partition coefficient (Wildman–Crippen LogP) is 4.16. The minimum Gasteiger partial charge on any atom is -0.330 e. The fourth-order valence-corrected chi connectivity index (χ4v) is 3.31. The maximum absolute atomic E-state index is 5.71. The Balaban J connectivity index is 2.16. The molecule has 1 unspecified atom stereocenters. The summed E-state index contributed by atoms with van der Waals surface area (Å²) >= 11 is 5.29. The molecule has 2 rings (SSSR count). The van der Waals surface area contributed by atoms with Gasteiger partial charge >= 0.3 is 0 Å². The van der Waals surface area contributed by atoms with Crippen LogP contribution in [0.3, 0.4) is 0 Å². The first-order valence-electron chi connectivity index (χ1n) is 5.72. The lowest BCUT2D eigenvalue weighted by Gasteiger charge is -2.10. The second-order valence-electron chi connectivity index (χ2n) is 4.26. The van der Waals surface area contributed by atoms with Crippen LogP contribution in [0.1, 0.15) is 28.8 Å². The molecule has 0 fully saturated rings. The molecule has 3 heteroatoms. The molecule has 17 heavy (non-hydrogen) atoms. The molecule has 1 atom stereocenters. The molecule has 1 aromatic heterocycles. The third kappa shape index (κ3) is 3.41. The van der Waals surface area contributed by atoms with E-state index in [0.717, 1.165) is 6.42 Å². The summed E-state index contributed by atoms with van der Waals surface area (Å²) in [4.78, 5) is 1.38. The Hall–Kier alpha value is -0.640. The van der Waals surface area contributed by atoms with Crippen LogP contribution in [0.5, 0.6) is 0 Å². The van der Waals surface area contributed by atoms with Crippen molar-refractivity contribution in [2.75, 3.05) is 6.54 Å². The first-order valence-corrected chi connectivity index (χ1v) is 7.33. The second-order valence-corrected chi connectivity index (χ2v) is 6.81. The van der Waals surface area contributed by atoms with E-state index < -0.39 is 0 Å². The predicted molar refractivity (Wildman–Crippen MR) is 78.7 cm³/mol. The minimum absolute atomic E-state index is 0.435. The maximum Gasteiger partial charge on any atom is 0.0701 e. The van der Waals surface area contributed by atoms with Crippen LogP contribution < -0.4 is 5.73 Å². The van der Waals surface area contributed by atoms with Gasteiger partial charge in [-0.15, -0.1) is 11.3 Å². The Kier molecular flexibility index (Phi) is 4.37. The Morgan fingerprint density at radius 3 is 2.76 bits per heavy atom. The Morgan fingerprint density at radius 1 is 1.29 bits per heavy atom. The first kappa shape index (κ1) is 12.8. The molecule has 1 heterocycles. The van der Waals surface area contributed by atoms with Crippen molar-refractivity contribution in [3.05, 3.63) is 56.2 Å². The summed E-state index contributed by atoms with van der Waals surface area (Å²) < 4.78 is 1.19. The van der Waals surface area contributed by atoms with Crippen LogP contribution in [0.15, 0.2) is 40.2 Å². The van der Waals surface area contributed by atoms with Gasteiger partial charge in [0.25, 0.3) is 0 Å². The highest BCUT2D eigenvalue weighted by molar-refractivity contribution is 9.11. The number of nitrogens with two attached hydrogens (primary N) is 1. The number of halogens is 1. The zero-order valence-electron chi connectivity index (χ0n) is 9.82. The van der Waals surface area contributed by atoms with E-state index in [-0.39, 0.29) is 0 Å². The van der Waals surface area contributed by atoms with Gasteiger partial charge in [-0.2, -0.15) is 0 Å². The van der Waals surface area contributed by atoms with Gasteiger partial charge in [-0.3, -0.25) is 0 Å². The molecular formula is C14H16BrNS. The highest BCUT2D eigenvalue weighted by Gasteiger charge is 2.05. The van der Waals surface area contributed by atoms with Crippen molar-refractivity contribution in [3.8, 4) is 0 Å². The normalized spacial score (nSPS) is 12.6. The Labute approximate surface area is 115 Å². The van der Waals surface area contributed by atoms with Crippen LogP contribution in [0.2, 0.25) is 0 Å². The van der Waals surface area contributed by atoms with Crippen molar-refractivity contribution in [1.82, 2.24) is 0 Å². The number of benzene rings is 1. The van der Waals surface area contributed by atoms with E-state index in [0.29, 0.717) is 12.5 Å². The summed E-state index contributed by atoms with van der Waals surface area (Å²) in [6.45, 7) is 2.87.